The highest BCUT2D eigenvalue weighted by molar-refractivity contribution is 5.75. The van der Waals surface area contributed by atoms with E-state index in [-0.39, 0.29) is 24.0 Å². The standard InChI is InChI=1S/C17H21FN6O3/c18-14-1-3-15(4-2-14)22-9-7-21(8-10-22)6-5-19-17(25)13-23-12-16(11-20-23)24(26)27/h1-4,11-12H,5-10,13H2,(H,19,25). The van der Waals surface area contributed by atoms with Crippen molar-refractivity contribution in [3.63, 3.8) is 0 Å². The van der Waals surface area contributed by atoms with Crippen molar-refractivity contribution in [2.45, 2.75) is 6.54 Å². The van der Waals surface area contributed by atoms with Crippen LogP contribution in [0.2, 0.25) is 0 Å². The first-order chi connectivity index (χ1) is 13.0. The molecule has 1 saturated heterocycles. The van der Waals surface area contributed by atoms with Gasteiger partial charge in [0, 0.05) is 45.0 Å². The maximum absolute atomic E-state index is 13.0. The molecule has 3 rings (SSSR count). The molecule has 10 heteroatoms. The molecule has 0 unspecified atom stereocenters. The van der Waals surface area contributed by atoms with Crippen LogP contribution < -0.4 is 10.2 Å². The van der Waals surface area contributed by atoms with Crippen molar-refractivity contribution in [2.24, 2.45) is 0 Å². The Labute approximate surface area is 155 Å². The lowest BCUT2D eigenvalue weighted by atomic mass is 10.2. The fraction of sp³-hybridized carbons (Fsp3) is 0.412. The van der Waals surface area contributed by atoms with Crippen LogP contribution in [-0.4, -0.2) is 64.8 Å². The van der Waals surface area contributed by atoms with Crippen LogP contribution in [0.25, 0.3) is 0 Å². The fourth-order valence-electron chi connectivity index (χ4n) is 2.97. The number of hydrogen-bond acceptors (Lipinski definition) is 6. The second-order valence-corrected chi connectivity index (χ2v) is 6.31. The van der Waals surface area contributed by atoms with Gasteiger partial charge in [-0.15, -0.1) is 0 Å². The number of carbonyl (C=O) groups is 1. The van der Waals surface area contributed by atoms with Gasteiger partial charge in [0.15, 0.2) is 0 Å². The Balaban J connectivity index is 1.35. The Hall–Kier alpha value is -3.01. The lowest BCUT2D eigenvalue weighted by Gasteiger charge is -2.36. The van der Waals surface area contributed by atoms with Gasteiger partial charge in [0.2, 0.25) is 5.91 Å². The van der Waals surface area contributed by atoms with Crippen molar-refractivity contribution in [1.82, 2.24) is 20.0 Å². The number of nitro groups is 1. The molecule has 1 N–H and O–H groups in total. The number of amides is 1. The van der Waals surface area contributed by atoms with E-state index >= 15 is 0 Å². The first-order valence-electron chi connectivity index (χ1n) is 8.68. The van der Waals surface area contributed by atoms with Crippen molar-refractivity contribution in [1.29, 1.82) is 0 Å². The Morgan fingerprint density at radius 3 is 2.56 bits per heavy atom. The molecule has 0 bridgehead atoms. The molecule has 1 aromatic heterocycles. The quantitative estimate of drug-likeness (QED) is 0.569. The van der Waals surface area contributed by atoms with Gasteiger partial charge in [-0.25, -0.2) is 4.39 Å². The Morgan fingerprint density at radius 1 is 1.22 bits per heavy atom. The van der Waals surface area contributed by atoms with Crippen LogP contribution >= 0.6 is 0 Å². The largest absolute Gasteiger partial charge is 0.369 e. The molecule has 0 atom stereocenters. The number of aromatic nitrogens is 2. The third kappa shape index (κ3) is 5.23. The van der Waals surface area contributed by atoms with E-state index in [9.17, 15) is 19.3 Å². The second-order valence-electron chi connectivity index (χ2n) is 6.31. The third-order valence-electron chi connectivity index (χ3n) is 4.45. The minimum atomic E-state index is -0.549. The van der Waals surface area contributed by atoms with E-state index in [1.165, 1.54) is 23.0 Å². The lowest BCUT2D eigenvalue weighted by molar-refractivity contribution is -0.385. The van der Waals surface area contributed by atoms with Crippen molar-refractivity contribution < 1.29 is 14.1 Å². The molecular weight excluding hydrogens is 355 g/mol. The van der Waals surface area contributed by atoms with E-state index in [1.54, 1.807) is 12.1 Å². The molecule has 1 aromatic carbocycles. The molecule has 0 aliphatic carbocycles. The predicted molar refractivity (Wildman–Crippen MR) is 96.9 cm³/mol. The number of nitrogens with one attached hydrogen (secondary N) is 1. The summed E-state index contributed by atoms with van der Waals surface area (Å²) in [5, 5.41) is 17.2. The number of piperazine rings is 1. The first kappa shape index (κ1) is 18.8. The third-order valence-corrected chi connectivity index (χ3v) is 4.45. The average molecular weight is 376 g/mol. The van der Waals surface area contributed by atoms with Crippen LogP contribution in [0.4, 0.5) is 15.8 Å². The van der Waals surface area contributed by atoms with Gasteiger partial charge in [0.1, 0.15) is 24.8 Å². The molecule has 1 aliphatic heterocycles. The van der Waals surface area contributed by atoms with Crippen molar-refractivity contribution in [3.8, 4) is 0 Å². The van der Waals surface area contributed by atoms with Gasteiger partial charge >= 0.3 is 5.69 Å². The molecule has 1 aliphatic rings. The molecule has 1 amide bonds. The number of halogens is 1. The molecular formula is C17H21FN6O3. The monoisotopic (exact) mass is 376 g/mol. The summed E-state index contributed by atoms with van der Waals surface area (Å²) in [5.74, 6) is -0.476. The summed E-state index contributed by atoms with van der Waals surface area (Å²) in [6.07, 6.45) is 2.35. The number of carbonyl (C=O) groups excluding carboxylic acids is 1. The van der Waals surface area contributed by atoms with Crippen LogP contribution in [0.5, 0.6) is 0 Å². The van der Waals surface area contributed by atoms with Crippen LogP contribution in [0.3, 0.4) is 0 Å². The van der Waals surface area contributed by atoms with Gasteiger partial charge in [0.25, 0.3) is 0 Å². The highest BCUT2D eigenvalue weighted by Gasteiger charge is 2.17. The Kier molecular flexibility index (Phi) is 5.97. The molecule has 1 fully saturated rings. The second kappa shape index (κ2) is 8.58. The van der Waals surface area contributed by atoms with E-state index in [0.29, 0.717) is 6.54 Å². The number of rotatable bonds is 7. The predicted octanol–water partition coefficient (Wildman–Crippen LogP) is 0.869. The van der Waals surface area contributed by atoms with E-state index in [0.717, 1.165) is 44.6 Å². The zero-order valence-electron chi connectivity index (χ0n) is 14.8. The minimum Gasteiger partial charge on any atom is -0.369 e. The highest BCUT2D eigenvalue weighted by atomic mass is 19.1. The summed E-state index contributed by atoms with van der Waals surface area (Å²) in [4.78, 5) is 26.4. The van der Waals surface area contributed by atoms with E-state index < -0.39 is 4.92 Å². The summed E-state index contributed by atoms with van der Waals surface area (Å²) < 4.78 is 14.2. The van der Waals surface area contributed by atoms with Gasteiger partial charge in [-0.2, -0.15) is 5.10 Å². The number of hydrogen-bond donors (Lipinski definition) is 1. The molecule has 0 radical (unpaired) electrons. The smallest absolute Gasteiger partial charge is 0.307 e. The summed E-state index contributed by atoms with van der Waals surface area (Å²) in [5.41, 5.74) is 0.875. The van der Waals surface area contributed by atoms with Gasteiger partial charge in [-0.1, -0.05) is 0 Å². The highest BCUT2D eigenvalue weighted by Crippen LogP contribution is 2.16. The Morgan fingerprint density at radius 2 is 1.93 bits per heavy atom. The normalized spacial score (nSPS) is 14.9. The zero-order chi connectivity index (χ0) is 19.2. The zero-order valence-corrected chi connectivity index (χ0v) is 14.8. The Bertz CT molecular complexity index is 786. The summed E-state index contributed by atoms with van der Waals surface area (Å²) in [6.45, 7) is 4.58. The molecule has 9 nitrogen and oxygen atoms in total. The molecule has 144 valence electrons. The maximum Gasteiger partial charge on any atom is 0.307 e. The number of benzene rings is 1. The minimum absolute atomic E-state index is 0.0494. The maximum atomic E-state index is 13.0. The molecule has 27 heavy (non-hydrogen) atoms. The van der Waals surface area contributed by atoms with Crippen LogP contribution in [-0.2, 0) is 11.3 Å². The van der Waals surface area contributed by atoms with Crippen molar-refractivity contribution >= 4 is 17.3 Å². The SMILES string of the molecule is O=C(Cn1cc([N+](=O)[O-])cn1)NCCN1CCN(c2ccc(F)cc2)CC1. The average Bonchev–Trinajstić information content (AvgIpc) is 3.12. The van der Waals surface area contributed by atoms with Crippen LogP contribution in [0.1, 0.15) is 0 Å². The summed E-state index contributed by atoms with van der Waals surface area (Å²) in [7, 11) is 0. The molecule has 0 saturated carbocycles. The summed E-state index contributed by atoms with van der Waals surface area (Å²) in [6, 6.07) is 6.49. The van der Waals surface area contributed by atoms with Crippen LogP contribution in [0, 0.1) is 15.9 Å². The lowest BCUT2D eigenvalue weighted by Crippen LogP contribution is -2.48. The van der Waals surface area contributed by atoms with Gasteiger partial charge in [-0.05, 0) is 24.3 Å². The van der Waals surface area contributed by atoms with Crippen molar-refractivity contribution in [2.75, 3.05) is 44.2 Å². The molecule has 2 aromatic rings. The topological polar surface area (TPSA) is 96.5 Å². The molecule has 2 heterocycles. The summed E-state index contributed by atoms with van der Waals surface area (Å²) >= 11 is 0. The van der Waals surface area contributed by atoms with E-state index in [4.69, 9.17) is 0 Å². The fourth-order valence-corrected chi connectivity index (χ4v) is 2.97. The van der Waals surface area contributed by atoms with Crippen molar-refractivity contribution in [3.05, 3.63) is 52.6 Å². The number of anilines is 1. The van der Waals surface area contributed by atoms with E-state index in [2.05, 4.69) is 20.2 Å². The van der Waals surface area contributed by atoms with Gasteiger partial charge in [-0.3, -0.25) is 24.5 Å². The number of nitrogens with zero attached hydrogens (tertiary/aromatic N) is 5. The first-order valence-corrected chi connectivity index (χ1v) is 8.68. The van der Waals surface area contributed by atoms with Gasteiger partial charge in [0.05, 0.1) is 4.92 Å². The van der Waals surface area contributed by atoms with E-state index in [1.807, 2.05) is 0 Å². The molecule has 0 spiro atoms. The van der Waals surface area contributed by atoms with Crippen LogP contribution in [0.15, 0.2) is 36.7 Å². The van der Waals surface area contributed by atoms with Gasteiger partial charge < -0.3 is 10.2 Å².